The molecule has 0 spiro atoms. The molecule has 0 aliphatic rings. The maximum Gasteiger partial charge on any atom is 0.191 e. The first-order chi connectivity index (χ1) is 11.7. The Morgan fingerprint density at radius 1 is 1.24 bits per heavy atom. The van der Waals surface area contributed by atoms with Crippen molar-refractivity contribution in [1.29, 1.82) is 0 Å². The number of para-hydroxylation sites is 1. The van der Waals surface area contributed by atoms with Gasteiger partial charge >= 0.3 is 0 Å². The molecule has 25 heavy (non-hydrogen) atoms. The van der Waals surface area contributed by atoms with Gasteiger partial charge in [0.2, 0.25) is 0 Å². The largest absolute Gasteiger partial charge is 0.354 e. The summed E-state index contributed by atoms with van der Waals surface area (Å²) in [7, 11) is 1.79. The minimum absolute atomic E-state index is 0. The Kier molecular flexibility index (Phi) is 10.1. The van der Waals surface area contributed by atoms with Crippen molar-refractivity contribution in [2.45, 2.75) is 52.1 Å². The van der Waals surface area contributed by atoms with Crippen molar-refractivity contribution < 1.29 is 0 Å². The second kappa shape index (κ2) is 11.8. The fourth-order valence-electron chi connectivity index (χ4n) is 2.55. The van der Waals surface area contributed by atoms with E-state index in [4.69, 9.17) is 0 Å². The van der Waals surface area contributed by atoms with Crippen LogP contribution < -0.4 is 10.6 Å². The van der Waals surface area contributed by atoms with Gasteiger partial charge in [0.05, 0.1) is 6.54 Å². The number of unbranched alkanes of at least 4 members (excludes halogenated alkanes) is 2. The molecule has 7 heteroatoms. The quantitative estimate of drug-likeness (QED) is 0.276. The number of guanidine groups is 1. The maximum absolute atomic E-state index is 4.30. The average Bonchev–Trinajstić information content (AvgIpc) is 3.08. The Morgan fingerprint density at radius 3 is 2.68 bits per heavy atom. The Bertz CT molecular complexity index is 626. The first-order valence-electron chi connectivity index (χ1n) is 8.66. The van der Waals surface area contributed by atoms with E-state index in [-0.39, 0.29) is 24.0 Å². The zero-order valence-corrected chi connectivity index (χ0v) is 17.6. The van der Waals surface area contributed by atoms with E-state index >= 15 is 0 Å². The monoisotopic (exact) mass is 456 g/mol. The lowest BCUT2D eigenvalue weighted by Gasteiger charge is -2.17. The molecular formula is C18H29IN6. The number of aliphatic imine (C=N–C) groups is 1. The summed E-state index contributed by atoms with van der Waals surface area (Å²) in [4.78, 5) is 4.30. The molecule has 0 saturated heterocycles. The Hall–Kier alpha value is -1.64. The number of hydrogen-bond acceptors (Lipinski definition) is 3. The maximum atomic E-state index is 4.30. The van der Waals surface area contributed by atoms with Crippen LogP contribution in [0.1, 0.15) is 45.4 Å². The molecule has 0 amide bonds. The van der Waals surface area contributed by atoms with E-state index in [1.165, 1.54) is 19.3 Å². The van der Waals surface area contributed by atoms with Crippen LogP contribution in [0.15, 0.2) is 41.7 Å². The highest BCUT2D eigenvalue weighted by molar-refractivity contribution is 14.0. The molecule has 6 nitrogen and oxygen atoms in total. The van der Waals surface area contributed by atoms with Crippen molar-refractivity contribution in [3.8, 4) is 5.69 Å². The Morgan fingerprint density at radius 2 is 2.00 bits per heavy atom. The number of rotatable bonds is 8. The van der Waals surface area contributed by atoms with Gasteiger partial charge in [-0.25, -0.2) is 0 Å². The van der Waals surface area contributed by atoms with Gasteiger partial charge in [0.1, 0.15) is 6.33 Å². The fraction of sp³-hybridized carbons (Fsp3) is 0.500. The van der Waals surface area contributed by atoms with E-state index < -0.39 is 0 Å². The molecule has 0 bridgehead atoms. The molecule has 1 aromatic carbocycles. The summed E-state index contributed by atoms with van der Waals surface area (Å²) < 4.78 is 1.98. The van der Waals surface area contributed by atoms with Gasteiger partial charge in [0.15, 0.2) is 11.8 Å². The summed E-state index contributed by atoms with van der Waals surface area (Å²) in [6.07, 6.45) is 6.64. The zero-order chi connectivity index (χ0) is 17.2. The van der Waals surface area contributed by atoms with Gasteiger partial charge in [-0.1, -0.05) is 44.4 Å². The zero-order valence-electron chi connectivity index (χ0n) is 15.3. The van der Waals surface area contributed by atoms with Crippen LogP contribution in [-0.4, -0.2) is 33.8 Å². The number of nitrogens with zero attached hydrogens (tertiary/aromatic N) is 4. The molecule has 2 N–H and O–H groups in total. The molecule has 2 rings (SSSR count). The predicted octanol–water partition coefficient (Wildman–Crippen LogP) is 3.52. The van der Waals surface area contributed by atoms with Gasteiger partial charge < -0.3 is 10.6 Å². The molecule has 0 aliphatic heterocycles. The van der Waals surface area contributed by atoms with E-state index in [1.807, 2.05) is 34.9 Å². The van der Waals surface area contributed by atoms with Crippen molar-refractivity contribution in [3.63, 3.8) is 0 Å². The molecule has 2 aromatic rings. The molecular weight excluding hydrogens is 427 g/mol. The smallest absolute Gasteiger partial charge is 0.191 e. The van der Waals surface area contributed by atoms with Crippen LogP contribution in [0.25, 0.3) is 5.69 Å². The lowest BCUT2D eigenvalue weighted by atomic mass is 10.1. The van der Waals surface area contributed by atoms with Crippen molar-refractivity contribution in [1.82, 2.24) is 25.4 Å². The van der Waals surface area contributed by atoms with Crippen LogP contribution in [0.2, 0.25) is 0 Å². The number of nitrogens with one attached hydrogen (secondary N) is 2. The van der Waals surface area contributed by atoms with E-state index in [0.717, 1.165) is 23.9 Å². The van der Waals surface area contributed by atoms with E-state index in [1.54, 1.807) is 13.4 Å². The summed E-state index contributed by atoms with van der Waals surface area (Å²) in [5, 5.41) is 15.0. The van der Waals surface area contributed by atoms with Crippen molar-refractivity contribution >= 4 is 29.9 Å². The second-order valence-corrected chi connectivity index (χ2v) is 5.92. The normalized spacial score (nSPS) is 12.4. The van der Waals surface area contributed by atoms with Crippen LogP contribution in [0.4, 0.5) is 0 Å². The first kappa shape index (κ1) is 21.4. The molecule has 0 saturated carbocycles. The molecule has 1 aromatic heterocycles. The summed E-state index contributed by atoms with van der Waals surface area (Å²) >= 11 is 0. The first-order valence-corrected chi connectivity index (χ1v) is 8.66. The number of hydrogen-bond donors (Lipinski definition) is 2. The van der Waals surface area contributed by atoms with Gasteiger partial charge in [-0.15, -0.1) is 34.2 Å². The highest BCUT2D eigenvalue weighted by atomic mass is 127. The third-order valence-electron chi connectivity index (χ3n) is 3.91. The summed E-state index contributed by atoms with van der Waals surface area (Å²) in [5.41, 5.74) is 1.05. The van der Waals surface area contributed by atoms with Gasteiger partial charge in [-0.3, -0.25) is 9.56 Å². The Balaban J connectivity index is 0.00000312. The van der Waals surface area contributed by atoms with Crippen LogP contribution in [0.3, 0.4) is 0 Å². The van der Waals surface area contributed by atoms with Crippen molar-refractivity contribution in [2.24, 2.45) is 4.99 Å². The lowest BCUT2D eigenvalue weighted by Crippen LogP contribution is -2.42. The topological polar surface area (TPSA) is 67.1 Å². The molecule has 1 unspecified atom stereocenters. The van der Waals surface area contributed by atoms with Gasteiger partial charge in [-0.05, 0) is 25.5 Å². The average molecular weight is 456 g/mol. The highest BCUT2D eigenvalue weighted by Gasteiger charge is 2.09. The predicted molar refractivity (Wildman–Crippen MR) is 114 cm³/mol. The number of halogens is 1. The standard InChI is InChI=1S/C18H28N6.HI/c1-4-5-7-10-15(2)22-18(19-3)20-13-17-23-21-14-24(17)16-11-8-6-9-12-16;/h6,8-9,11-12,14-15H,4-5,7,10,13H2,1-3H3,(H2,19,20,22);1H. The van der Waals surface area contributed by atoms with Gasteiger partial charge in [0.25, 0.3) is 0 Å². The van der Waals surface area contributed by atoms with Gasteiger partial charge in [0, 0.05) is 18.8 Å². The fourth-order valence-corrected chi connectivity index (χ4v) is 2.55. The molecule has 1 atom stereocenters. The van der Waals surface area contributed by atoms with Crippen molar-refractivity contribution in [2.75, 3.05) is 7.05 Å². The van der Waals surface area contributed by atoms with Crippen LogP contribution in [0.5, 0.6) is 0 Å². The Labute approximate surface area is 167 Å². The van der Waals surface area contributed by atoms with Crippen molar-refractivity contribution in [3.05, 3.63) is 42.5 Å². The van der Waals surface area contributed by atoms with E-state index in [2.05, 4.69) is 39.7 Å². The van der Waals surface area contributed by atoms with E-state index in [9.17, 15) is 0 Å². The molecule has 0 radical (unpaired) electrons. The third kappa shape index (κ3) is 7.01. The minimum Gasteiger partial charge on any atom is -0.354 e. The summed E-state index contributed by atoms with van der Waals surface area (Å²) in [6, 6.07) is 10.5. The minimum atomic E-state index is 0. The lowest BCUT2D eigenvalue weighted by molar-refractivity contribution is 0.546. The van der Waals surface area contributed by atoms with Gasteiger partial charge in [-0.2, -0.15) is 0 Å². The summed E-state index contributed by atoms with van der Waals surface area (Å²) in [6.45, 7) is 4.98. The number of aromatic nitrogens is 3. The SMILES string of the molecule is CCCCCC(C)NC(=NC)NCc1nncn1-c1ccccc1.I. The third-order valence-corrected chi connectivity index (χ3v) is 3.91. The number of benzene rings is 1. The molecule has 0 fully saturated rings. The van der Waals surface area contributed by atoms with Crippen LogP contribution in [0, 0.1) is 0 Å². The molecule has 1 heterocycles. The van der Waals surface area contributed by atoms with Crippen LogP contribution >= 0.6 is 24.0 Å². The highest BCUT2D eigenvalue weighted by Crippen LogP contribution is 2.08. The van der Waals surface area contributed by atoms with Crippen LogP contribution in [-0.2, 0) is 6.54 Å². The second-order valence-electron chi connectivity index (χ2n) is 5.92. The molecule has 0 aliphatic carbocycles. The molecule has 138 valence electrons. The van der Waals surface area contributed by atoms with E-state index in [0.29, 0.717) is 12.6 Å². The summed E-state index contributed by atoms with van der Waals surface area (Å²) in [5.74, 6) is 1.64.